The topological polar surface area (TPSA) is 37.8 Å². The van der Waals surface area contributed by atoms with Crippen LogP contribution in [0.5, 0.6) is 0 Å². The third-order valence-electron chi connectivity index (χ3n) is 2.91. The Morgan fingerprint density at radius 2 is 1.78 bits per heavy atom. The minimum Gasteiger partial charge on any atom is -0.368 e. The van der Waals surface area contributed by atoms with E-state index in [9.17, 15) is 0 Å². The van der Waals surface area contributed by atoms with Gasteiger partial charge in [0.05, 0.1) is 11.9 Å². The predicted octanol–water partition coefficient (Wildman–Crippen LogP) is 3.00. The Balaban J connectivity index is 1.84. The monoisotopic (exact) mass is 241 g/mol. The van der Waals surface area contributed by atoms with Gasteiger partial charge in [-0.1, -0.05) is 31.2 Å². The normalized spacial score (nSPS) is 10.3. The summed E-state index contributed by atoms with van der Waals surface area (Å²) in [6.45, 7) is 5.00. The second-order valence-corrected chi connectivity index (χ2v) is 4.39. The standard InChI is InChI=1S/C15H19N3/c1-3-13-4-6-14(7-5-13)8-9-17-15-11-16-10-12(2)18-15/h4-7,10-11H,3,8-9H2,1-2H3,(H,17,18). The van der Waals surface area contributed by atoms with E-state index >= 15 is 0 Å². The first-order valence-corrected chi connectivity index (χ1v) is 6.38. The van der Waals surface area contributed by atoms with Gasteiger partial charge in [-0.25, -0.2) is 4.98 Å². The van der Waals surface area contributed by atoms with Gasteiger partial charge in [-0.05, 0) is 30.9 Å². The maximum atomic E-state index is 4.36. The van der Waals surface area contributed by atoms with E-state index in [2.05, 4.69) is 46.5 Å². The Bertz CT molecular complexity index is 491. The summed E-state index contributed by atoms with van der Waals surface area (Å²) in [6.07, 6.45) is 5.61. The molecule has 0 saturated heterocycles. The second-order valence-electron chi connectivity index (χ2n) is 4.39. The van der Waals surface area contributed by atoms with Crippen molar-refractivity contribution in [1.29, 1.82) is 0 Å². The highest BCUT2D eigenvalue weighted by molar-refractivity contribution is 5.32. The average molecular weight is 241 g/mol. The van der Waals surface area contributed by atoms with Crippen LogP contribution in [0.4, 0.5) is 5.82 Å². The van der Waals surface area contributed by atoms with Crippen LogP contribution in [0, 0.1) is 6.92 Å². The van der Waals surface area contributed by atoms with Crippen LogP contribution in [0.3, 0.4) is 0 Å². The highest BCUT2D eigenvalue weighted by atomic mass is 15.0. The lowest BCUT2D eigenvalue weighted by molar-refractivity contribution is 0.987. The van der Waals surface area contributed by atoms with Crippen molar-refractivity contribution in [2.45, 2.75) is 26.7 Å². The first-order chi connectivity index (χ1) is 8.78. The molecule has 2 rings (SSSR count). The fraction of sp³-hybridized carbons (Fsp3) is 0.333. The summed E-state index contributed by atoms with van der Waals surface area (Å²) in [5, 5.41) is 3.29. The van der Waals surface area contributed by atoms with Gasteiger partial charge in [0.2, 0.25) is 0 Å². The molecule has 0 amide bonds. The van der Waals surface area contributed by atoms with Crippen molar-refractivity contribution in [3.63, 3.8) is 0 Å². The van der Waals surface area contributed by atoms with E-state index in [4.69, 9.17) is 0 Å². The van der Waals surface area contributed by atoms with Crippen molar-refractivity contribution in [2.24, 2.45) is 0 Å². The quantitative estimate of drug-likeness (QED) is 0.874. The molecule has 1 N–H and O–H groups in total. The number of hydrogen-bond donors (Lipinski definition) is 1. The molecule has 0 radical (unpaired) electrons. The lowest BCUT2D eigenvalue weighted by Crippen LogP contribution is -2.07. The molecule has 0 aliphatic carbocycles. The second kappa shape index (κ2) is 6.15. The summed E-state index contributed by atoms with van der Waals surface area (Å²) in [4.78, 5) is 8.47. The number of benzene rings is 1. The molecule has 0 atom stereocenters. The highest BCUT2D eigenvalue weighted by Crippen LogP contribution is 2.06. The molecule has 18 heavy (non-hydrogen) atoms. The van der Waals surface area contributed by atoms with Crippen molar-refractivity contribution in [3.05, 3.63) is 53.5 Å². The molecule has 0 fully saturated rings. The summed E-state index contributed by atoms with van der Waals surface area (Å²) in [6, 6.07) is 8.79. The van der Waals surface area contributed by atoms with Crippen LogP contribution in [0.1, 0.15) is 23.7 Å². The van der Waals surface area contributed by atoms with Gasteiger partial charge < -0.3 is 5.32 Å². The van der Waals surface area contributed by atoms with Gasteiger partial charge in [0.25, 0.3) is 0 Å². The fourth-order valence-corrected chi connectivity index (χ4v) is 1.83. The van der Waals surface area contributed by atoms with Gasteiger partial charge >= 0.3 is 0 Å². The fourth-order valence-electron chi connectivity index (χ4n) is 1.83. The third kappa shape index (κ3) is 3.55. The molecule has 3 nitrogen and oxygen atoms in total. The van der Waals surface area contributed by atoms with Crippen LogP contribution >= 0.6 is 0 Å². The highest BCUT2D eigenvalue weighted by Gasteiger charge is 1.96. The van der Waals surface area contributed by atoms with E-state index in [1.165, 1.54) is 11.1 Å². The Labute approximate surface area is 108 Å². The molecule has 0 unspecified atom stereocenters. The molecule has 0 aliphatic rings. The van der Waals surface area contributed by atoms with E-state index in [1.54, 1.807) is 12.4 Å². The van der Waals surface area contributed by atoms with Crippen molar-refractivity contribution in [1.82, 2.24) is 9.97 Å². The smallest absolute Gasteiger partial charge is 0.144 e. The number of nitrogens with zero attached hydrogens (tertiary/aromatic N) is 2. The summed E-state index contributed by atoms with van der Waals surface area (Å²) >= 11 is 0. The molecule has 94 valence electrons. The maximum absolute atomic E-state index is 4.36. The van der Waals surface area contributed by atoms with Gasteiger partial charge in [0.1, 0.15) is 5.82 Å². The molecule has 1 aromatic heterocycles. The Morgan fingerprint density at radius 3 is 2.44 bits per heavy atom. The van der Waals surface area contributed by atoms with Crippen molar-refractivity contribution >= 4 is 5.82 Å². The van der Waals surface area contributed by atoms with Crippen molar-refractivity contribution in [2.75, 3.05) is 11.9 Å². The van der Waals surface area contributed by atoms with E-state index in [0.717, 1.165) is 30.9 Å². The Morgan fingerprint density at radius 1 is 1.06 bits per heavy atom. The molecule has 0 aliphatic heterocycles. The number of hydrogen-bond acceptors (Lipinski definition) is 3. The molecule has 0 spiro atoms. The molecule has 0 bridgehead atoms. The molecule has 2 aromatic rings. The summed E-state index contributed by atoms with van der Waals surface area (Å²) in [5.41, 5.74) is 3.67. The number of rotatable bonds is 5. The molecule has 3 heteroatoms. The van der Waals surface area contributed by atoms with Crippen LogP contribution in [0.2, 0.25) is 0 Å². The largest absolute Gasteiger partial charge is 0.368 e. The van der Waals surface area contributed by atoms with Crippen molar-refractivity contribution < 1.29 is 0 Å². The molecular weight excluding hydrogens is 222 g/mol. The van der Waals surface area contributed by atoms with Crippen LogP contribution in [-0.2, 0) is 12.8 Å². The predicted molar refractivity (Wildman–Crippen MR) is 74.8 cm³/mol. The van der Waals surface area contributed by atoms with Crippen LogP contribution < -0.4 is 5.32 Å². The zero-order chi connectivity index (χ0) is 12.8. The van der Waals surface area contributed by atoms with Crippen LogP contribution in [-0.4, -0.2) is 16.5 Å². The maximum Gasteiger partial charge on any atom is 0.144 e. The zero-order valence-corrected chi connectivity index (χ0v) is 11.0. The van der Waals surface area contributed by atoms with Gasteiger partial charge in [0, 0.05) is 12.7 Å². The summed E-state index contributed by atoms with van der Waals surface area (Å²) in [5.74, 6) is 0.847. The lowest BCUT2D eigenvalue weighted by Gasteiger charge is -2.06. The van der Waals surface area contributed by atoms with E-state index in [1.807, 2.05) is 6.92 Å². The van der Waals surface area contributed by atoms with Gasteiger partial charge in [-0.2, -0.15) is 0 Å². The molecule has 0 saturated carbocycles. The first-order valence-electron chi connectivity index (χ1n) is 6.38. The number of aryl methyl sites for hydroxylation is 2. The average Bonchev–Trinajstić information content (AvgIpc) is 2.40. The first kappa shape index (κ1) is 12.6. The van der Waals surface area contributed by atoms with Gasteiger partial charge in [0.15, 0.2) is 0 Å². The van der Waals surface area contributed by atoms with E-state index < -0.39 is 0 Å². The van der Waals surface area contributed by atoms with E-state index in [-0.39, 0.29) is 0 Å². The molecule has 1 aromatic carbocycles. The number of aromatic nitrogens is 2. The van der Waals surface area contributed by atoms with E-state index in [0.29, 0.717) is 0 Å². The molecule has 1 heterocycles. The van der Waals surface area contributed by atoms with Gasteiger partial charge in [-0.3, -0.25) is 4.98 Å². The van der Waals surface area contributed by atoms with Gasteiger partial charge in [-0.15, -0.1) is 0 Å². The Kier molecular flexibility index (Phi) is 4.29. The zero-order valence-electron chi connectivity index (χ0n) is 11.0. The number of nitrogens with one attached hydrogen (secondary N) is 1. The van der Waals surface area contributed by atoms with Crippen LogP contribution in [0.15, 0.2) is 36.7 Å². The molecular formula is C15H19N3. The minimum absolute atomic E-state index is 0.847. The number of anilines is 1. The summed E-state index contributed by atoms with van der Waals surface area (Å²) < 4.78 is 0. The lowest BCUT2D eigenvalue weighted by atomic mass is 10.1. The SMILES string of the molecule is CCc1ccc(CCNc2cncc(C)n2)cc1. The third-order valence-corrected chi connectivity index (χ3v) is 2.91. The Hall–Kier alpha value is -1.90. The minimum atomic E-state index is 0.847. The summed E-state index contributed by atoms with van der Waals surface area (Å²) in [7, 11) is 0. The van der Waals surface area contributed by atoms with Crippen LogP contribution in [0.25, 0.3) is 0 Å². The van der Waals surface area contributed by atoms with Crippen molar-refractivity contribution in [3.8, 4) is 0 Å².